The van der Waals surface area contributed by atoms with Crippen molar-refractivity contribution in [3.63, 3.8) is 0 Å². The largest absolute Gasteiger partial charge is 0.481 e. The van der Waals surface area contributed by atoms with Crippen molar-refractivity contribution in [3.8, 4) is 0 Å². The molecule has 1 aliphatic carbocycles. The van der Waals surface area contributed by atoms with Gasteiger partial charge in [-0.15, -0.1) is 0 Å². The van der Waals surface area contributed by atoms with Gasteiger partial charge in [0, 0.05) is 5.92 Å². The van der Waals surface area contributed by atoms with Crippen LogP contribution in [0.4, 0.5) is 26.3 Å². The molecule has 1 saturated carbocycles. The Balaban J connectivity index is 3.28. The van der Waals surface area contributed by atoms with Crippen molar-refractivity contribution in [1.29, 1.82) is 0 Å². The average Bonchev–Trinajstić information content (AvgIpc) is 2.67. The predicted octanol–water partition coefficient (Wildman–Crippen LogP) is 4.66. The number of aliphatic carboxylic acids is 1. The standard InChI is InChI=1S/C8H5Br3F6O2/c9-5(10,11)1-2-3(4(18)19)6(2,7(12,13)14)8(15,16)17/h2-3H,1H2,(H,18,19). The minimum atomic E-state index is -5.68. The summed E-state index contributed by atoms with van der Waals surface area (Å²) in [5, 5.41) is 8.64. The lowest BCUT2D eigenvalue weighted by Crippen LogP contribution is -2.43. The molecular formula is C8H5Br3F6O2. The zero-order chi connectivity index (χ0) is 15.4. The topological polar surface area (TPSA) is 37.3 Å². The molecule has 0 spiro atoms. The Labute approximate surface area is 128 Å². The molecule has 0 aromatic carbocycles. The first-order chi connectivity index (χ1) is 8.16. The number of carbonyl (C=O) groups is 1. The van der Waals surface area contributed by atoms with Crippen molar-refractivity contribution in [1.82, 2.24) is 0 Å². The number of halogens is 9. The van der Waals surface area contributed by atoms with Crippen molar-refractivity contribution >= 4 is 53.8 Å². The van der Waals surface area contributed by atoms with Crippen LogP contribution in [0, 0.1) is 17.3 Å². The highest BCUT2D eigenvalue weighted by Crippen LogP contribution is 2.76. The van der Waals surface area contributed by atoms with E-state index in [1.54, 1.807) is 0 Å². The second-order valence-corrected chi connectivity index (χ2v) is 11.4. The monoisotopic (exact) mass is 484 g/mol. The Morgan fingerprint density at radius 3 is 1.58 bits per heavy atom. The number of carboxylic acids is 1. The predicted molar refractivity (Wildman–Crippen MR) is 63.3 cm³/mol. The van der Waals surface area contributed by atoms with E-state index in [0.29, 0.717) is 0 Å². The Morgan fingerprint density at radius 2 is 1.42 bits per heavy atom. The van der Waals surface area contributed by atoms with E-state index in [1.807, 2.05) is 0 Å². The summed E-state index contributed by atoms with van der Waals surface area (Å²) in [5.74, 6) is -6.76. The van der Waals surface area contributed by atoms with Crippen LogP contribution in [-0.2, 0) is 4.79 Å². The molecule has 1 fully saturated rings. The zero-order valence-corrected chi connectivity index (χ0v) is 13.4. The van der Waals surface area contributed by atoms with Crippen LogP contribution in [0.15, 0.2) is 0 Å². The molecule has 0 bridgehead atoms. The van der Waals surface area contributed by atoms with Crippen molar-refractivity contribution in [2.24, 2.45) is 17.3 Å². The van der Waals surface area contributed by atoms with E-state index in [2.05, 4.69) is 47.8 Å². The lowest BCUT2D eigenvalue weighted by molar-refractivity contribution is -0.310. The fraction of sp³-hybridized carbons (Fsp3) is 0.875. The first kappa shape index (κ1) is 17.5. The maximum atomic E-state index is 12.8. The minimum absolute atomic E-state index is 0.705. The van der Waals surface area contributed by atoms with Gasteiger partial charge in [0.25, 0.3) is 0 Å². The van der Waals surface area contributed by atoms with Crippen LogP contribution >= 0.6 is 47.8 Å². The summed E-state index contributed by atoms with van der Waals surface area (Å²) in [5.41, 5.74) is -4.20. The van der Waals surface area contributed by atoms with Crippen LogP contribution in [0.25, 0.3) is 0 Å². The molecule has 0 aromatic rings. The van der Waals surface area contributed by atoms with E-state index in [4.69, 9.17) is 5.11 Å². The zero-order valence-electron chi connectivity index (χ0n) is 8.62. The first-order valence-electron chi connectivity index (χ1n) is 4.59. The van der Waals surface area contributed by atoms with Gasteiger partial charge in [-0.25, -0.2) is 0 Å². The third-order valence-electron chi connectivity index (χ3n) is 3.02. The Kier molecular flexibility index (Phi) is 4.39. The van der Waals surface area contributed by atoms with E-state index >= 15 is 0 Å². The third kappa shape index (κ3) is 2.92. The van der Waals surface area contributed by atoms with Crippen LogP contribution in [-0.4, -0.2) is 25.6 Å². The number of alkyl halides is 9. The molecule has 2 atom stereocenters. The molecule has 11 heteroatoms. The van der Waals surface area contributed by atoms with Gasteiger partial charge in [-0.1, -0.05) is 47.8 Å². The summed E-state index contributed by atoms with van der Waals surface area (Å²) in [7, 11) is 0. The molecule has 2 unspecified atom stereocenters. The van der Waals surface area contributed by atoms with Crippen molar-refractivity contribution < 1.29 is 36.2 Å². The smallest absolute Gasteiger partial charge is 0.404 e. The second-order valence-electron chi connectivity index (χ2n) is 4.11. The highest BCUT2D eigenvalue weighted by molar-refractivity contribution is 9.39. The normalized spacial score (nSPS) is 27.2. The van der Waals surface area contributed by atoms with Gasteiger partial charge in [0.1, 0.15) is 2.14 Å². The lowest BCUT2D eigenvalue weighted by Gasteiger charge is -2.25. The summed E-state index contributed by atoms with van der Waals surface area (Å²) in [6.45, 7) is 0. The molecule has 1 aliphatic rings. The van der Waals surface area contributed by atoms with Crippen LogP contribution in [0.2, 0.25) is 0 Å². The molecule has 0 radical (unpaired) electrons. The quantitative estimate of drug-likeness (QED) is 0.455. The number of hydrogen-bond acceptors (Lipinski definition) is 1. The van der Waals surface area contributed by atoms with Crippen LogP contribution in [0.1, 0.15) is 6.42 Å². The molecule has 1 rings (SSSR count). The maximum absolute atomic E-state index is 12.8. The highest BCUT2D eigenvalue weighted by atomic mass is 80.0. The van der Waals surface area contributed by atoms with Gasteiger partial charge in [-0.2, -0.15) is 26.3 Å². The molecule has 19 heavy (non-hydrogen) atoms. The minimum Gasteiger partial charge on any atom is -0.481 e. The second kappa shape index (κ2) is 4.75. The van der Waals surface area contributed by atoms with E-state index < -0.39 is 44.1 Å². The van der Waals surface area contributed by atoms with Crippen LogP contribution in [0.5, 0.6) is 0 Å². The van der Waals surface area contributed by atoms with Gasteiger partial charge < -0.3 is 5.11 Å². The number of rotatable bonds is 2. The van der Waals surface area contributed by atoms with Crippen LogP contribution in [0.3, 0.4) is 0 Å². The van der Waals surface area contributed by atoms with E-state index in [1.165, 1.54) is 0 Å². The van der Waals surface area contributed by atoms with Gasteiger partial charge >= 0.3 is 18.3 Å². The van der Waals surface area contributed by atoms with Gasteiger partial charge in [-0.3, -0.25) is 4.79 Å². The molecule has 0 aromatic heterocycles. The fourth-order valence-corrected chi connectivity index (χ4v) is 3.33. The maximum Gasteiger partial charge on any atom is 0.404 e. The molecule has 0 amide bonds. The van der Waals surface area contributed by atoms with Crippen molar-refractivity contribution in [2.75, 3.05) is 0 Å². The van der Waals surface area contributed by atoms with E-state index in [-0.39, 0.29) is 0 Å². The van der Waals surface area contributed by atoms with Gasteiger partial charge in [-0.05, 0) is 6.42 Å². The molecule has 1 N–H and O–H groups in total. The summed E-state index contributed by atoms with van der Waals surface area (Å²) >= 11 is 8.36. The molecule has 2 nitrogen and oxygen atoms in total. The molecule has 0 heterocycles. The van der Waals surface area contributed by atoms with Crippen LogP contribution < -0.4 is 0 Å². The molecular weight excluding hydrogens is 482 g/mol. The number of hydrogen-bond donors (Lipinski definition) is 1. The van der Waals surface area contributed by atoms with Crippen molar-refractivity contribution in [2.45, 2.75) is 20.9 Å². The van der Waals surface area contributed by atoms with Gasteiger partial charge in [0.05, 0.1) is 5.92 Å². The molecule has 0 saturated heterocycles. The number of carboxylic acid groups (broad SMARTS) is 1. The Bertz CT molecular complexity index is 371. The van der Waals surface area contributed by atoms with Gasteiger partial charge in [0.15, 0.2) is 5.41 Å². The summed E-state index contributed by atoms with van der Waals surface area (Å²) in [6.07, 6.45) is -12.1. The van der Waals surface area contributed by atoms with Crippen molar-refractivity contribution in [3.05, 3.63) is 0 Å². The van der Waals surface area contributed by atoms with E-state index in [0.717, 1.165) is 0 Å². The van der Waals surface area contributed by atoms with Gasteiger partial charge in [0.2, 0.25) is 0 Å². The lowest BCUT2D eigenvalue weighted by atomic mass is 9.99. The third-order valence-corrected chi connectivity index (χ3v) is 4.00. The fourth-order valence-electron chi connectivity index (χ4n) is 2.29. The summed E-state index contributed by atoms with van der Waals surface area (Å²) < 4.78 is 75.4. The first-order valence-corrected chi connectivity index (χ1v) is 6.97. The van der Waals surface area contributed by atoms with E-state index in [9.17, 15) is 31.1 Å². The highest BCUT2D eigenvalue weighted by Gasteiger charge is 2.91. The summed E-state index contributed by atoms with van der Waals surface area (Å²) in [6, 6.07) is 0. The average molecular weight is 487 g/mol. The SMILES string of the molecule is O=C(O)C1C(CC(Br)(Br)Br)C1(C(F)(F)F)C(F)(F)F. The molecule has 112 valence electrons. The Morgan fingerprint density at radius 1 is 1.05 bits per heavy atom. The molecule has 0 aliphatic heterocycles. The Hall–Kier alpha value is 0.490. The summed E-state index contributed by atoms with van der Waals surface area (Å²) in [4.78, 5) is 10.7.